The van der Waals surface area contributed by atoms with Crippen LogP contribution in [0.3, 0.4) is 0 Å². The van der Waals surface area contributed by atoms with Gasteiger partial charge in [0.25, 0.3) is 0 Å². The van der Waals surface area contributed by atoms with E-state index in [1.54, 1.807) is 0 Å². The summed E-state index contributed by atoms with van der Waals surface area (Å²) in [6, 6.07) is 0. The largest absolute Gasteiger partial charge is 0.472 e. The molecule has 1 aliphatic rings. The predicted octanol–water partition coefficient (Wildman–Crippen LogP) is 6.39. The van der Waals surface area contributed by atoms with Gasteiger partial charge in [0.2, 0.25) is 0 Å². The van der Waals surface area contributed by atoms with Crippen LogP contribution in [0, 0.1) is 0 Å². The van der Waals surface area contributed by atoms with Crippen LogP contribution in [-0.2, 0) is 41.8 Å². The van der Waals surface area contributed by atoms with Gasteiger partial charge in [0.05, 0.1) is 6.61 Å². The van der Waals surface area contributed by atoms with Crippen molar-refractivity contribution in [1.29, 1.82) is 0 Å². The van der Waals surface area contributed by atoms with E-state index >= 15 is 0 Å². The van der Waals surface area contributed by atoms with Gasteiger partial charge in [-0.25, -0.2) is 9.13 Å². The van der Waals surface area contributed by atoms with Crippen molar-refractivity contribution >= 4 is 27.6 Å². The summed E-state index contributed by atoms with van der Waals surface area (Å²) >= 11 is 0. The fraction of sp³-hybridized carbons (Fsp3) is 0.950. The molecule has 0 heterocycles. The van der Waals surface area contributed by atoms with E-state index in [1.807, 2.05) is 0 Å². The molecule has 1 saturated carbocycles. The van der Waals surface area contributed by atoms with Crippen LogP contribution < -0.4 is 5.73 Å². The number of carbonyl (C=O) groups excluding carboxylic acids is 2. The highest BCUT2D eigenvalue weighted by atomic mass is 31.2. The number of phosphoric ester groups is 2. The number of carbonyl (C=O) groups is 2. The summed E-state index contributed by atoms with van der Waals surface area (Å²) in [7, 11) is -10.7. The summed E-state index contributed by atoms with van der Waals surface area (Å²) < 4.78 is 49.2. The number of phosphoric acid groups is 2. The monoisotopic (exact) mass is 891 g/mol. The topological polar surface area (TPSA) is 282 Å². The molecule has 17 nitrogen and oxygen atoms in total. The second-order valence-corrected chi connectivity index (χ2v) is 18.5. The highest BCUT2D eigenvalue weighted by Crippen LogP contribution is 2.49. The van der Waals surface area contributed by atoms with Crippen molar-refractivity contribution in [3.63, 3.8) is 0 Å². The van der Waals surface area contributed by atoms with Gasteiger partial charge >= 0.3 is 27.6 Å². The van der Waals surface area contributed by atoms with Gasteiger partial charge in [0, 0.05) is 12.8 Å². The lowest BCUT2D eigenvalue weighted by molar-refractivity contribution is -0.216. The highest BCUT2D eigenvalue weighted by Gasteiger charge is 2.54. The van der Waals surface area contributed by atoms with Crippen LogP contribution in [0.4, 0.5) is 0 Å². The van der Waals surface area contributed by atoms with Gasteiger partial charge in [0.15, 0.2) is 6.10 Å². The molecule has 0 radical (unpaired) electrons. The molecule has 8 atom stereocenters. The summed E-state index contributed by atoms with van der Waals surface area (Å²) in [4.78, 5) is 54.1. The SMILES string of the molecule is CCCCCCCCCCCCCCCC(=O)O[C@H](COC(=O)CCCCCCCCCCCCCCN)COP(=O)(O)OC1C(O)[C@@H](OP(=O)(O)O)C(O)[C@@H](O)[C@H]1O. The van der Waals surface area contributed by atoms with E-state index in [1.165, 1.54) is 89.9 Å². The van der Waals surface area contributed by atoms with Crippen molar-refractivity contribution < 1.29 is 76.9 Å². The molecule has 0 amide bonds. The molecule has 1 rings (SSSR count). The zero-order valence-electron chi connectivity index (χ0n) is 35.5. The zero-order chi connectivity index (χ0) is 43.9. The van der Waals surface area contributed by atoms with Crippen molar-refractivity contribution in [3.8, 4) is 0 Å². The molecule has 0 aliphatic heterocycles. The molecule has 9 N–H and O–H groups in total. The molecular formula is C40H79NO16P2. The first-order valence-electron chi connectivity index (χ1n) is 22.3. The number of hydrogen-bond acceptors (Lipinski definition) is 14. The normalized spacial score (nSPS) is 22.5. The molecule has 0 saturated heterocycles. The number of ether oxygens (including phenoxy) is 2. The fourth-order valence-electron chi connectivity index (χ4n) is 7.04. The van der Waals surface area contributed by atoms with Crippen LogP contribution in [0.2, 0.25) is 0 Å². The molecule has 0 bridgehead atoms. The molecule has 19 heteroatoms. The summed E-state index contributed by atoms with van der Waals surface area (Å²) in [5.41, 5.74) is 5.53. The van der Waals surface area contributed by atoms with Crippen molar-refractivity contribution in [3.05, 3.63) is 0 Å². The van der Waals surface area contributed by atoms with E-state index in [2.05, 4.69) is 11.4 Å². The maximum absolute atomic E-state index is 12.9. The third-order valence-electron chi connectivity index (χ3n) is 10.5. The van der Waals surface area contributed by atoms with E-state index in [0.717, 1.165) is 64.3 Å². The number of rotatable bonds is 38. The van der Waals surface area contributed by atoms with Gasteiger partial charge in [-0.3, -0.25) is 23.2 Å². The number of hydrogen-bond donors (Lipinski definition) is 8. The Balaban J connectivity index is 2.61. The average molecular weight is 892 g/mol. The first kappa shape index (κ1) is 56.0. The van der Waals surface area contributed by atoms with Crippen LogP contribution in [0.25, 0.3) is 0 Å². The minimum atomic E-state index is -5.36. The standard InChI is InChI=1S/C40H79NO16P2/c1-2-3-4-5-6-7-8-9-13-16-19-22-25-28-34(43)55-32(30-53-33(42)27-24-21-18-15-12-10-11-14-17-20-23-26-29-41)31-54-59(51,52)57-40-37(46)35(44)36(45)39(38(40)47)56-58(48,49)50/h32,35-40,44-47H,2-31,41H2,1H3,(H,51,52)(H2,48,49,50)/t32-,35-,36?,37-,38?,39+,40?/m1/s1. The van der Waals surface area contributed by atoms with Crippen LogP contribution in [0.1, 0.15) is 180 Å². The molecule has 0 spiro atoms. The second-order valence-electron chi connectivity index (χ2n) is 15.9. The Morgan fingerprint density at radius 1 is 0.525 bits per heavy atom. The lowest BCUT2D eigenvalue weighted by Crippen LogP contribution is -2.64. The summed E-state index contributed by atoms with van der Waals surface area (Å²) in [6.07, 6.45) is 13.0. The molecular weight excluding hydrogens is 812 g/mol. The van der Waals surface area contributed by atoms with Gasteiger partial charge in [-0.2, -0.15) is 0 Å². The van der Waals surface area contributed by atoms with Crippen molar-refractivity contribution in [2.75, 3.05) is 19.8 Å². The van der Waals surface area contributed by atoms with E-state index < -0.39 is 83.5 Å². The number of unbranched alkanes of at least 4 members (excludes halogenated alkanes) is 23. The minimum Gasteiger partial charge on any atom is -0.462 e. The van der Waals surface area contributed by atoms with Crippen molar-refractivity contribution in [1.82, 2.24) is 0 Å². The molecule has 1 aliphatic carbocycles. The van der Waals surface area contributed by atoms with E-state index in [0.29, 0.717) is 12.8 Å². The number of aliphatic hydroxyl groups is 4. The zero-order valence-corrected chi connectivity index (χ0v) is 37.3. The average Bonchev–Trinajstić information content (AvgIpc) is 3.18. The predicted molar refractivity (Wildman–Crippen MR) is 222 cm³/mol. The molecule has 1 fully saturated rings. The molecule has 0 aromatic heterocycles. The lowest BCUT2D eigenvalue weighted by Gasteiger charge is -2.43. The van der Waals surface area contributed by atoms with Gasteiger partial charge < -0.3 is 50.3 Å². The van der Waals surface area contributed by atoms with E-state index in [-0.39, 0.29) is 12.8 Å². The van der Waals surface area contributed by atoms with Gasteiger partial charge in [-0.1, -0.05) is 148 Å². The fourth-order valence-corrected chi connectivity index (χ4v) is 8.58. The van der Waals surface area contributed by atoms with Gasteiger partial charge in [-0.05, 0) is 25.8 Å². The first-order chi connectivity index (χ1) is 28.1. The minimum absolute atomic E-state index is 0.0475. The molecule has 4 unspecified atom stereocenters. The number of aliphatic hydroxyl groups excluding tert-OH is 4. The van der Waals surface area contributed by atoms with E-state index in [4.69, 9.17) is 34.0 Å². The summed E-state index contributed by atoms with van der Waals surface area (Å²) in [5, 5.41) is 41.1. The van der Waals surface area contributed by atoms with Crippen molar-refractivity contribution in [2.45, 2.75) is 223 Å². The summed E-state index contributed by atoms with van der Waals surface area (Å²) in [5.74, 6) is -1.21. The Kier molecular flexibility index (Phi) is 31.8. The highest BCUT2D eigenvalue weighted by molar-refractivity contribution is 7.47. The summed E-state index contributed by atoms with van der Waals surface area (Å²) in [6.45, 7) is 1.63. The third-order valence-corrected chi connectivity index (χ3v) is 12.0. The van der Waals surface area contributed by atoms with Crippen LogP contribution in [-0.4, -0.2) is 110 Å². The number of esters is 2. The molecule has 0 aromatic rings. The van der Waals surface area contributed by atoms with Crippen molar-refractivity contribution in [2.24, 2.45) is 5.73 Å². The molecule has 0 aromatic carbocycles. The Morgan fingerprint density at radius 2 is 0.915 bits per heavy atom. The first-order valence-corrected chi connectivity index (χ1v) is 25.3. The van der Waals surface area contributed by atoms with E-state index in [9.17, 15) is 44.0 Å². The molecule has 59 heavy (non-hydrogen) atoms. The van der Waals surface area contributed by atoms with Gasteiger partial charge in [-0.15, -0.1) is 0 Å². The smallest absolute Gasteiger partial charge is 0.462 e. The maximum Gasteiger partial charge on any atom is 0.472 e. The Bertz CT molecular complexity index is 1180. The second kappa shape index (κ2) is 33.5. The lowest BCUT2D eigenvalue weighted by atomic mass is 9.85. The quantitative estimate of drug-likeness (QED) is 0.0189. The molecule has 350 valence electrons. The Morgan fingerprint density at radius 3 is 1.34 bits per heavy atom. The Labute approximate surface area is 352 Å². The maximum atomic E-state index is 12.9. The van der Waals surface area contributed by atoms with Crippen LogP contribution >= 0.6 is 15.6 Å². The third kappa shape index (κ3) is 28.3. The Hall–Kier alpha value is -1.04. The van der Waals surface area contributed by atoms with Gasteiger partial charge in [0.1, 0.15) is 43.2 Å². The van der Waals surface area contributed by atoms with Crippen LogP contribution in [0.15, 0.2) is 0 Å². The van der Waals surface area contributed by atoms with Crippen LogP contribution in [0.5, 0.6) is 0 Å². The number of nitrogens with two attached hydrogens (primary N) is 1.